The third kappa shape index (κ3) is 3.29. The molecule has 4 aromatic rings. The van der Waals surface area contributed by atoms with Crippen molar-refractivity contribution >= 4 is 16.7 Å². The van der Waals surface area contributed by atoms with Crippen LogP contribution >= 0.6 is 0 Å². The van der Waals surface area contributed by atoms with Crippen molar-refractivity contribution in [3.63, 3.8) is 0 Å². The molecule has 0 radical (unpaired) electrons. The Morgan fingerprint density at radius 2 is 1.93 bits per heavy atom. The topological polar surface area (TPSA) is 91.2 Å². The number of rotatable bonds is 4. The summed E-state index contributed by atoms with van der Waals surface area (Å²) in [5.41, 5.74) is 6.95. The van der Waals surface area contributed by atoms with Crippen LogP contribution in [0.1, 0.15) is 16.7 Å². The molecule has 0 amide bonds. The number of hydrogen-bond donors (Lipinski definition) is 1. The second kappa shape index (κ2) is 7.11. The Bertz CT molecular complexity index is 1220. The van der Waals surface area contributed by atoms with Gasteiger partial charge in [0.25, 0.3) is 0 Å². The van der Waals surface area contributed by atoms with Crippen LogP contribution < -0.4 is 16.1 Å². The molecule has 28 heavy (non-hydrogen) atoms. The molecule has 6 nitrogen and oxygen atoms in total. The van der Waals surface area contributed by atoms with Crippen LogP contribution in [-0.2, 0) is 6.42 Å². The highest BCUT2D eigenvalue weighted by molar-refractivity contribution is 5.82. The van der Waals surface area contributed by atoms with Crippen molar-refractivity contribution in [2.24, 2.45) is 0 Å². The molecule has 0 aliphatic carbocycles. The van der Waals surface area contributed by atoms with E-state index in [2.05, 4.69) is 9.97 Å². The quantitative estimate of drug-likeness (QED) is 0.427. The molecule has 2 aromatic heterocycles. The lowest BCUT2D eigenvalue weighted by molar-refractivity contribution is 0.440. The summed E-state index contributed by atoms with van der Waals surface area (Å²) in [4.78, 5) is 20.5. The van der Waals surface area contributed by atoms with E-state index in [1.807, 2.05) is 0 Å². The lowest BCUT2D eigenvalue weighted by Crippen LogP contribution is -2.12. The molecule has 0 aliphatic heterocycles. The smallest absolute Gasteiger partial charge is 0.340 e. The van der Waals surface area contributed by atoms with Crippen molar-refractivity contribution in [3.8, 4) is 11.8 Å². The predicted molar refractivity (Wildman–Crippen MR) is 103 cm³/mol. The summed E-state index contributed by atoms with van der Waals surface area (Å²) in [6.45, 7) is 1.81. The Labute approximate surface area is 159 Å². The molecule has 2 aromatic carbocycles. The molecule has 0 saturated heterocycles. The van der Waals surface area contributed by atoms with E-state index < -0.39 is 11.4 Å². The van der Waals surface area contributed by atoms with E-state index >= 15 is 0 Å². The fourth-order valence-corrected chi connectivity index (χ4v) is 3.01. The highest BCUT2D eigenvalue weighted by atomic mass is 19.1. The lowest BCUT2D eigenvalue weighted by Gasteiger charge is -2.10. The van der Waals surface area contributed by atoms with Gasteiger partial charge in [0.15, 0.2) is 0 Å². The number of aromatic nitrogens is 2. The second-order valence-electron chi connectivity index (χ2n) is 6.28. The second-order valence-corrected chi connectivity index (χ2v) is 6.28. The number of nitrogens with two attached hydrogens (primary N) is 1. The van der Waals surface area contributed by atoms with Gasteiger partial charge in [0, 0.05) is 35.8 Å². The zero-order valence-electron chi connectivity index (χ0n) is 15.0. The largest absolute Gasteiger partial charge is 0.424 e. The summed E-state index contributed by atoms with van der Waals surface area (Å²) >= 11 is 0. The number of aryl methyl sites for hydroxylation is 1. The van der Waals surface area contributed by atoms with Crippen LogP contribution in [-0.4, -0.2) is 9.97 Å². The first-order chi connectivity index (χ1) is 13.5. The minimum atomic E-state index is -0.528. The minimum Gasteiger partial charge on any atom is -0.424 e. The molecular formula is C21H16FN3O3. The molecule has 0 saturated carbocycles. The molecule has 0 atom stereocenters. The summed E-state index contributed by atoms with van der Waals surface area (Å²) in [7, 11) is 0. The van der Waals surface area contributed by atoms with Crippen LogP contribution in [0.2, 0.25) is 0 Å². The highest BCUT2D eigenvalue weighted by Gasteiger charge is 2.15. The van der Waals surface area contributed by atoms with Gasteiger partial charge in [-0.05, 0) is 42.3 Å². The fourth-order valence-electron chi connectivity index (χ4n) is 3.01. The summed E-state index contributed by atoms with van der Waals surface area (Å²) in [5, 5.41) is 0.736. The average molecular weight is 377 g/mol. The van der Waals surface area contributed by atoms with Gasteiger partial charge in [0.05, 0.1) is 5.69 Å². The number of ether oxygens (including phenoxy) is 1. The Kier molecular flexibility index (Phi) is 4.49. The predicted octanol–water partition coefficient (Wildman–Crippen LogP) is 4.00. The number of halogens is 1. The summed E-state index contributed by atoms with van der Waals surface area (Å²) in [5.74, 6) is -0.0797. The molecule has 140 valence electrons. The maximum atomic E-state index is 14.2. The molecular weight excluding hydrogens is 361 g/mol. The van der Waals surface area contributed by atoms with Gasteiger partial charge < -0.3 is 14.9 Å². The minimum absolute atomic E-state index is 0.0465. The van der Waals surface area contributed by atoms with E-state index in [9.17, 15) is 9.18 Å². The Balaban J connectivity index is 1.73. The Hall–Kier alpha value is -3.74. The van der Waals surface area contributed by atoms with Crippen LogP contribution in [0.3, 0.4) is 0 Å². The van der Waals surface area contributed by atoms with E-state index in [-0.39, 0.29) is 18.1 Å². The monoisotopic (exact) mass is 377 g/mol. The first-order valence-corrected chi connectivity index (χ1v) is 8.57. The van der Waals surface area contributed by atoms with Crippen LogP contribution in [0.5, 0.6) is 11.8 Å². The maximum Gasteiger partial charge on any atom is 0.340 e. The first kappa shape index (κ1) is 17.7. The zero-order valence-corrected chi connectivity index (χ0v) is 15.0. The van der Waals surface area contributed by atoms with Gasteiger partial charge in [-0.15, -0.1) is 0 Å². The Morgan fingerprint density at radius 1 is 1.14 bits per heavy atom. The van der Waals surface area contributed by atoms with Gasteiger partial charge in [0.2, 0.25) is 0 Å². The third-order valence-electron chi connectivity index (χ3n) is 4.49. The van der Waals surface area contributed by atoms with E-state index in [0.29, 0.717) is 22.5 Å². The van der Waals surface area contributed by atoms with E-state index in [4.69, 9.17) is 14.9 Å². The van der Waals surface area contributed by atoms with E-state index in [0.717, 1.165) is 10.9 Å². The molecule has 0 aliphatic rings. The SMILES string of the molecule is Cc1c(Cc2cccc(N)c2F)c(=O)oc2cc(Oc3ncccn3)ccc12. The number of fused-ring (bicyclic) bond motifs is 1. The molecule has 4 rings (SSSR count). The van der Waals surface area contributed by atoms with Gasteiger partial charge in [-0.1, -0.05) is 12.1 Å². The molecule has 0 spiro atoms. The standard InChI is InChI=1S/C21H16FN3O3/c1-12-15-7-6-14(27-21-24-8-3-9-25-21)11-18(15)28-20(26)16(12)10-13-4-2-5-17(23)19(13)22/h2-9,11H,10,23H2,1H3. The zero-order chi connectivity index (χ0) is 19.7. The maximum absolute atomic E-state index is 14.2. The van der Waals surface area contributed by atoms with Gasteiger partial charge in [-0.2, -0.15) is 0 Å². The molecule has 0 bridgehead atoms. The number of nitrogen functional groups attached to an aromatic ring is 1. The summed E-state index contributed by atoms with van der Waals surface area (Å²) in [6.07, 6.45) is 3.22. The van der Waals surface area contributed by atoms with E-state index in [1.54, 1.807) is 55.7 Å². The van der Waals surface area contributed by atoms with Crippen molar-refractivity contribution in [1.82, 2.24) is 9.97 Å². The van der Waals surface area contributed by atoms with Gasteiger partial charge >= 0.3 is 11.6 Å². The van der Waals surface area contributed by atoms with Crippen LogP contribution in [0.4, 0.5) is 10.1 Å². The van der Waals surface area contributed by atoms with Crippen molar-refractivity contribution < 1.29 is 13.5 Å². The van der Waals surface area contributed by atoms with Crippen molar-refractivity contribution in [1.29, 1.82) is 0 Å². The number of nitrogens with zero attached hydrogens (tertiary/aromatic N) is 2. The molecule has 0 fully saturated rings. The fraction of sp³-hybridized carbons (Fsp3) is 0.0952. The first-order valence-electron chi connectivity index (χ1n) is 8.57. The van der Waals surface area contributed by atoms with Crippen molar-refractivity contribution in [2.45, 2.75) is 13.3 Å². The average Bonchev–Trinajstić information content (AvgIpc) is 2.69. The Morgan fingerprint density at radius 3 is 2.71 bits per heavy atom. The number of benzene rings is 2. The number of anilines is 1. The lowest BCUT2D eigenvalue weighted by atomic mass is 9.99. The van der Waals surface area contributed by atoms with Crippen LogP contribution in [0, 0.1) is 12.7 Å². The van der Waals surface area contributed by atoms with Gasteiger partial charge in [-0.25, -0.2) is 19.2 Å². The normalized spacial score (nSPS) is 10.9. The van der Waals surface area contributed by atoms with Crippen LogP contribution in [0.15, 0.2) is 64.1 Å². The van der Waals surface area contributed by atoms with Crippen molar-refractivity contribution in [3.05, 3.63) is 87.8 Å². The van der Waals surface area contributed by atoms with E-state index in [1.165, 1.54) is 6.07 Å². The molecule has 2 N–H and O–H groups in total. The highest BCUT2D eigenvalue weighted by Crippen LogP contribution is 2.27. The molecule has 2 heterocycles. The van der Waals surface area contributed by atoms with Crippen LogP contribution in [0.25, 0.3) is 11.0 Å². The van der Waals surface area contributed by atoms with Crippen molar-refractivity contribution in [2.75, 3.05) is 5.73 Å². The summed E-state index contributed by atoms with van der Waals surface area (Å²) in [6, 6.07) is 11.7. The van der Waals surface area contributed by atoms with Gasteiger partial charge in [-0.3, -0.25) is 0 Å². The van der Waals surface area contributed by atoms with Gasteiger partial charge in [0.1, 0.15) is 17.1 Å². The number of hydrogen-bond acceptors (Lipinski definition) is 6. The third-order valence-corrected chi connectivity index (χ3v) is 4.49. The summed E-state index contributed by atoms with van der Waals surface area (Å²) < 4.78 is 25.3. The molecule has 0 unspecified atom stereocenters. The molecule has 7 heteroatoms.